The normalized spacial score (nSPS) is 14.2. The molecule has 0 radical (unpaired) electrons. The van der Waals surface area contributed by atoms with Crippen LogP contribution >= 0.6 is 70.0 Å². The van der Waals surface area contributed by atoms with Crippen LogP contribution in [0.15, 0.2) is 0 Å². The molecule has 0 aromatic carbocycles. The summed E-state index contributed by atoms with van der Waals surface area (Å²) in [7, 11) is 1.42. The number of carbonyl (C=O) groups is 1. The molecule has 0 saturated heterocycles. The molecule has 0 aliphatic heterocycles. The van der Waals surface area contributed by atoms with Crippen LogP contribution < -0.4 is 0 Å². The maximum absolute atomic E-state index is 10.5. The number of hydrogen-bond acceptors (Lipinski definition) is 2. The Morgan fingerprint density at radius 2 is 1.92 bits per heavy atom. The number of hydrogen-bond donors (Lipinski definition) is 0. The molecule has 0 N–H and O–H groups in total. The van der Waals surface area contributed by atoms with E-state index in [9.17, 15) is 4.79 Å². The van der Waals surface area contributed by atoms with Gasteiger partial charge in [-0.2, -0.15) is 0 Å². The molecule has 0 spiro atoms. The number of halogens is 5. The Bertz CT molecular complexity index is 171. The number of nitrogens with zero attached hydrogens (tertiary/aromatic N) is 1. The van der Waals surface area contributed by atoms with Crippen molar-refractivity contribution in [2.45, 2.75) is 8.50 Å². The Hall–Kier alpha value is 1.27. The van der Waals surface area contributed by atoms with E-state index in [-0.39, 0.29) is 0 Å². The molecule has 72 valence electrons. The van der Waals surface area contributed by atoms with Gasteiger partial charge in [-0.3, -0.25) is 9.10 Å². The number of amides is 1. The van der Waals surface area contributed by atoms with Gasteiger partial charge in [0.25, 0.3) is 0 Å². The van der Waals surface area contributed by atoms with Gasteiger partial charge in [-0.15, -0.1) is 11.6 Å². The second kappa shape index (κ2) is 5.23. The van der Waals surface area contributed by atoms with Crippen molar-refractivity contribution in [2.75, 3.05) is 7.05 Å². The predicted molar refractivity (Wildman–Crippen MR) is 56.5 cm³/mol. The largest absolute Gasteiger partial charge is 0.326 e. The van der Waals surface area contributed by atoms with E-state index in [1.165, 1.54) is 7.05 Å². The zero-order valence-electron chi connectivity index (χ0n) is 5.73. The molecule has 1 amide bonds. The lowest BCUT2D eigenvalue weighted by molar-refractivity contribution is 0.251. The molecule has 8 heteroatoms. The van der Waals surface area contributed by atoms with Crippen LogP contribution in [0.4, 0.5) is 4.79 Å². The molecular formula is C4H4Cl5NOS. The van der Waals surface area contributed by atoms with E-state index >= 15 is 0 Å². The van der Waals surface area contributed by atoms with Gasteiger partial charge in [0, 0.05) is 7.05 Å². The monoisotopic (exact) mass is 289 g/mol. The minimum absolute atomic E-state index is 0.681. The van der Waals surface area contributed by atoms with Gasteiger partial charge in [0.05, 0.1) is 0 Å². The van der Waals surface area contributed by atoms with Crippen molar-refractivity contribution in [1.29, 1.82) is 0 Å². The maximum Gasteiger partial charge on any atom is 0.326 e. The first-order chi connectivity index (χ1) is 5.25. The van der Waals surface area contributed by atoms with Crippen molar-refractivity contribution < 1.29 is 4.79 Å². The summed E-state index contributed by atoms with van der Waals surface area (Å²) in [6.07, 6.45) is 0. The Morgan fingerprint density at radius 1 is 1.50 bits per heavy atom. The Kier molecular flexibility index (Phi) is 5.78. The smallest absolute Gasteiger partial charge is 0.274 e. The highest BCUT2D eigenvalue weighted by atomic mass is 35.6. The molecule has 0 bridgehead atoms. The summed E-state index contributed by atoms with van der Waals surface area (Å²) in [6.45, 7) is 0. The lowest BCUT2D eigenvalue weighted by Gasteiger charge is -2.21. The fourth-order valence-electron chi connectivity index (χ4n) is 0.240. The van der Waals surface area contributed by atoms with Gasteiger partial charge in [-0.05, 0) is 23.5 Å². The third-order valence-electron chi connectivity index (χ3n) is 0.756. The molecule has 1 unspecified atom stereocenters. The van der Waals surface area contributed by atoms with Crippen molar-refractivity contribution in [1.82, 2.24) is 4.31 Å². The van der Waals surface area contributed by atoms with Crippen molar-refractivity contribution >= 4 is 75.3 Å². The third-order valence-corrected chi connectivity index (χ3v) is 4.07. The van der Waals surface area contributed by atoms with Crippen molar-refractivity contribution in [3.05, 3.63) is 0 Å². The van der Waals surface area contributed by atoms with Gasteiger partial charge < -0.3 is 0 Å². The first-order valence-electron chi connectivity index (χ1n) is 2.56. The van der Waals surface area contributed by atoms with E-state index in [1.807, 2.05) is 0 Å². The quantitative estimate of drug-likeness (QED) is 0.333. The van der Waals surface area contributed by atoms with E-state index < -0.39 is 13.9 Å². The summed E-state index contributed by atoms with van der Waals surface area (Å²) in [6, 6.07) is 0. The fraction of sp³-hybridized carbons (Fsp3) is 0.750. The van der Waals surface area contributed by atoms with Crippen LogP contribution in [-0.4, -0.2) is 25.2 Å². The summed E-state index contributed by atoms with van der Waals surface area (Å²) in [5.74, 6) is 0. The number of rotatable bonds is 2. The van der Waals surface area contributed by atoms with E-state index in [2.05, 4.69) is 0 Å². The molecule has 0 aromatic rings. The van der Waals surface area contributed by atoms with Crippen LogP contribution in [0.5, 0.6) is 0 Å². The van der Waals surface area contributed by atoms with E-state index in [1.54, 1.807) is 0 Å². The van der Waals surface area contributed by atoms with Crippen molar-refractivity contribution in [2.24, 2.45) is 0 Å². The Balaban J connectivity index is 4.01. The average molecular weight is 291 g/mol. The second-order valence-electron chi connectivity index (χ2n) is 1.71. The van der Waals surface area contributed by atoms with Gasteiger partial charge >= 0.3 is 5.37 Å². The summed E-state index contributed by atoms with van der Waals surface area (Å²) in [5.41, 5.74) is 0. The third kappa shape index (κ3) is 5.10. The summed E-state index contributed by atoms with van der Waals surface area (Å²) in [4.78, 5) is 10.5. The second-order valence-corrected chi connectivity index (χ2v) is 6.33. The minimum Gasteiger partial charge on any atom is -0.274 e. The van der Waals surface area contributed by atoms with Crippen LogP contribution in [0.25, 0.3) is 0 Å². The summed E-state index contributed by atoms with van der Waals surface area (Å²) in [5, 5.41) is -0.681. The SMILES string of the molecule is CN(SC(Cl)C(Cl)(Cl)Cl)C(=O)Cl. The van der Waals surface area contributed by atoms with Crippen molar-refractivity contribution in [3.8, 4) is 0 Å². The standard InChI is InChI=1S/C4H4Cl5NOS/c1-10(3(6)11)12-2(5)4(7,8)9/h2H,1H3. The van der Waals surface area contributed by atoms with Gasteiger partial charge in [-0.1, -0.05) is 34.8 Å². The minimum atomic E-state index is -1.63. The van der Waals surface area contributed by atoms with Crippen LogP contribution in [0, 0.1) is 0 Å². The maximum atomic E-state index is 10.5. The molecule has 12 heavy (non-hydrogen) atoms. The first-order valence-corrected chi connectivity index (χ1v) is 5.34. The highest BCUT2D eigenvalue weighted by Gasteiger charge is 2.33. The molecule has 0 rings (SSSR count). The molecule has 0 aliphatic rings. The topological polar surface area (TPSA) is 20.3 Å². The van der Waals surface area contributed by atoms with Crippen LogP contribution in [0.1, 0.15) is 0 Å². The van der Waals surface area contributed by atoms with E-state index in [0.717, 1.165) is 16.3 Å². The Labute approximate surface area is 99.5 Å². The molecule has 0 aliphatic carbocycles. The Morgan fingerprint density at radius 3 is 2.17 bits per heavy atom. The summed E-state index contributed by atoms with van der Waals surface area (Å²) < 4.78 is -1.43. The lowest BCUT2D eigenvalue weighted by atomic mass is 10.9. The average Bonchev–Trinajstić information content (AvgIpc) is 1.85. The lowest BCUT2D eigenvalue weighted by Crippen LogP contribution is -2.23. The van der Waals surface area contributed by atoms with Crippen LogP contribution in [-0.2, 0) is 0 Å². The van der Waals surface area contributed by atoms with Gasteiger partial charge in [-0.25, -0.2) is 0 Å². The zero-order valence-corrected chi connectivity index (χ0v) is 10.3. The van der Waals surface area contributed by atoms with Gasteiger partial charge in [0.2, 0.25) is 3.79 Å². The first kappa shape index (κ1) is 13.3. The number of carbonyl (C=O) groups excluding carboxylic acids is 1. The van der Waals surface area contributed by atoms with E-state index in [0.29, 0.717) is 0 Å². The summed E-state index contributed by atoms with van der Waals surface area (Å²) >= 11 is 27.8. The highest BCUT2D eigenvalue weighted by molar-refractivity contribution is 7.99. The highest BCUT2D eigenvalue weighted by Crippen LogP contribution is 2.40. The fourth-order valence-corrected chi connectivity index (χ4v) is 1.56. The molecule has 1 atom stereocenters. The van der Waals surface area contributed by atoms with Gasteiger partial charge in [0.15, 0.2) is 0 Å². The molecular weight excluding hydrogens is 287 g/mol. The molecule has 0 heterocycles. The van der Waals surface area contributed by atoms with Gasteiger partial charge in [0.1, 0.15) is 4.71 Å². The zero-order chi connectivity index (χ0) is 9.94. The molecule has 2 nitrogen and oxygen atoms in total. The molecule has 0 fully saturated rings. The van der Waals surface area contributed by atoms with Crippen molar-refractivity contribution in [3.63, 3.8) is 0 Å². The van der Waals surface area contributed by atoms with Crippen LogP contribution in [0.3, 0.4) is 0 Å². The van der Waals surface area contributed by atoms with Crippen LogP contribution in [0.2, 0.25) is 0 Å². The van der Waals surface area contributed by atoms with E-state index in [4.69, 9.17) is 58.0 Å². The molecule has 0 saturated carbocycles. The number of alkyl halides is 4. The molecule has 0 aromatic heterocycles. The predicted octanol–water partition coefficient (Wildman–Crippen LogP) is 3.86.